The van der Waals surface area contributed by atoms with Crippen molar-refractivity contribution in [1.82, 2.24) is 15.0 Å². The van der Waals surface area contributed by atoms with Gasteiger partial charge in [-0.1, -0.05) is 0 Å². The van der Waals surface area contributed by atoms with Crippen LogP contribution in [0.5, 0.6) is 0 Å². The molecule has 4 nitrogen and oxygen atoms in total. The lowest BCUT2D eigenvalue weighted by Gasteiger charge is -2.10. The topological polar surface area (TPSA) is 45.1 Å². The van der Waals surface area contributed by atoms with Gasteiger partial charge < -0.3 is 4.52 Å². The molecule has 1 aliphatic heterocycles. The highest BCUT2D eigenvalue weighted by atomic mass is 32.1. The lowest BCUT2D eigenvalue weighted by Crippen LogP contribution is -2.19. The second-order valence-corrected chi connectivity index (χ2v) is 3.36. The monoisotopic (exact) mass is 185 g/mol. The molecule has 1 N–H and O–H groups in total. The molecule has 1 saturated heterocycles. The SMILES string of the molecule is S=c1nc(CN2CCCC2)[nH]o1. The highest BCUT2D eigenvalue weighted by Crippen LogP contribution is 2.09. The summed E-state index contributed by atoms with van der Waals surface area (Å²) in [4.78, 5) is 6.66. The molecule has 0 unspecified atom stereocenters. The zero-order valence-electron chi connectivity index (χ0n) is 6.75. The summed E-state index contributed by atoms with van der Waals surface area (Å²) in [6.45, 7) is 3.15. The van der Waals surface area contributed by atoms with E-state index in [-0.39, 0.29) is 0 Å². The standard InChI is InChI=1S/C7H11N3OS/c12-7-8-6(9-11-7)5-10-3-1-2-4-10/h1-5H2,(H,8,9,12). The zero-order chi connectivity index (χ0) is 8.39. The van der Waals surface area contributed by atoms with E-state index in [0.29, 0.717) is 4.84 Å². The Bertz CT molecular complexity index is 300. The van der Waals surface area contributed by atoms with Crippen LogP contribution < -0.4 is 0 Å². The van der Waals surface area contributed by atoms with Gasteiger partial charge in [0.15, 0.2) is 5.82 Å². The molecular formula is C7H11N3OS. The van der Waals surface area contributed by atoms with E-state index in [1.54, 1.807) is 0 Å². The van der Waals surface area contributed by atoms with Gasteiger partial charge >= 0.3 is 4.84 Å². The van der Waals surface area contributed by atoms with Gasteiger partial charge in [-0.05, 0) is 38.1 Å². The maximum absolute atomic E-state index is 4.83. The van der Waals surface area contributed by atoms with Gasteiger partial charge in [0, 0.05) is 0 Å². The van der Waals surface area contributed by atoms with Crippen LogP contribution in [0.4, 0.5) is 0 Å². The molecule has 5 heteroatoms. The van der Waals surface area contributed by atoms with Crippen LogP contribution in [-0.4, -0.2) is 28.1 Å². The predicted octanol–water partition coefficient (Wildman–Crippen LogP) is 1.33. The highest BCUT2D eigenvalue weighted by molar-refractivity contribution is 7.71. The number of likely N-dealkylation sites (tertiary alicyclic amines) is 1. The van der Waals surface area contributed by atoms with E-state index in [4.69, 9.17) is 16.7 Å². The molecule has 66 valence electrons. The van der Waals surface area contributed by atoms with Crippen molar-refractivity contribution in [2.75, 3.05) is 13.1 Å². The van der Waals surface area contributed by atoms with E-state index in [9.17, 15) is 0 Å². The molecule has 2 rings (SSSR count). The van der Waals surface area contributed by atoms with E-state index < -0.39 is 0 Å². The van der Waals surface area contributed by atoms with Gasteiger partial charge in [-0.3, -0.25) is 4.90 Å². The quantitative estimate of drug-likeness (QED) is 0.706. The van der Waals surface area contributed by atoms with Gasteiger partial charge in [-0.2, -0.15) is 4.98 Å². The van der Waals surface area contributed by atoms with Crippen molar-refractivity contribution < 1.29 is 4.52 Å². The molecule has 0 aliphatic carbocycles. The number of hydrogen-bond acceptors (Lipinski definition) is 4. The van der Waals surface area contributed by atoms with Crippen LogP contribution in [0.15, 0.2) is 4.52 Å². The molecule has 1 aromatic rings. The Morgan fingerprint density at radius 2 is 2.25 bits per heavy atom. The largest absolute Gasteiger partial charge is 0.348 e. The second-order valence-electron chi connectivity index (χ2n) is 3.01. The molecule has 0 spiro atoms. The third kappa shape index (κ3) is 1.73. The first-order valence-corrected chi connectivity index (χ1v) is 4.52. The average Bonchev–Trinajstić information content (AvgIpc) is 2.63. The Hall–Kier alpha value is -0.680. The van der Waals surface area contributed by atoms with Crippen LogP contribution in [0.1, 0.15) is 18.7 Å². The molecule has 0 amide bonds. The molecule has 0 radical (unpaired) electrons. The summed E-state index contributed by atoms with van der Waals surface area (Å²) in [6, 6.07) is 0. The number of H-pyrrole nitrogens is 1. The molecule has 0 saturated carbocycles. The van der Waals surface area contributed by atoms with Crippen molar-refractivity contribution in [3.8, 4) is 0 Å². The van der Waals surface area contributed by atoms with Crippen LogP contribution in [0.3, 0.4) is 0 Å². The summed E-state index contributed by atoms with van der Waals surface area (Å²) in [5.74, 6) is 0.835. The van der Waals surface area contributed by atoms with E-state index in [0.717, 1.165) is 25.5 Å². The Kier molecular flexibility index (Phi) is 2.23. The van der Waals surface area contributed by atoms with Crippen molar-refractivity contribution in [2.45, 2.75) is 19.4 Å². The molecule has 0 atom stereocenters. The van der Waals surface area contributed by atoms with Crippen LogP contribution in [-0.2, 0) is 6.54 Å². The molecular weight excluding hydrogens is 174 g/mol. The van der Waals surface area contributed by atoms with Crippen molar-refractivity contribution in [1.29, 1.82) is 0 Å². The first kappa shape index (κ1) is 7.94. The van der Waals surface area contributed by atoms with Crippen LogP contribution in [0, 0.1) is 4.84 Å². The van der Waals surface area contributed by atoms with Gasteiger partial charge in [0.1, 0.15) is 0 Å². The average molecular weight is 185 g/mol. The lowest BCUT2D eigenvalue weighted by atomic mass is 10.4. The van der Waals surface area contributed by atoms with Crippen molar-refractivity contribution in [3.63, 3.8) is 0 Å². The van der Waals surface area contributed by atoms with Gasteiger partial charge in [0.05, 0.1) is 6.54 Å². The van der Waals surface area contributed by atoms with Crippen molar-refractivity contribution in [3.05, 3.63) is 10.7 Å². The number of hydrogen-bond donors (Lipinski definition) is 1. The Labute approximate surface area is 75.6 Å². The normalized spacial score (nSPS) is 18.7. The molecule has 0 aromatic carbocycles. The van der Waals surface area contributed by atoms with E-state index in [1.807, 2.05) is 0 Å². The fourth-order valence-electron chi connectivity index (χ4n) is 1.48. The number of rotatable bonds is 2. The van der Waals surface area contributed by atoms with Gasteiger partial charge in [-0.25, -0.2) is 5.16 Å². The van der Waals surface area contributed by atoms with Crippen LogP contribution >= 0.6 is 12.2 Å². The minimum atomic E-state index is 0.296. The molecule has 1 aromatic heterocycles. The summed E-state index contributed by atoms with van der Waals surface area (Å²) >= 11 is 4.75. The summed E-state index contributed by atoms with van der Waals surface area (Å²) in [5.41, 5.74) is 0. The first-order chi connectivity index (χ1) is 5.84. The van der Waals surface area contributed by atoms with Crippen molar-refractivity contribution in [2.24, 2.45) is 0 Å². The predicted molar refractivity (Wildman–Crippen MR) is 46.2 cm³/mol. The highest BCUT2D eigenvalue weighted by Gasteiger charge is 2.12. The third-order valence-corrected chi connectivity index (χ3v) is 2.23. The third-order valence-electron chi connectivity index (χ3n) is 2.05. The fourth-order valence-corrected chi connectivity index (χ4v) is 1.63. The van der Waals surface area contributed by atoms with Gasteiger partial charge in [-0.15, -0.1) is 0 Å². The first-order valence-electron chi connectivity index (χ1n) is 4.11. The molecule has 1 aliphatic rings. The summed E-state index contributed by atoms with van der Waals surface area (Å²) in [5, 5.41) is 2.70. The number of aromatic nitrogens is 2. The summed E-state index contributed by atoms with van der Waals surface area (Å²) in [6.07, 6.45) is 2.58. The van der Waals surface area contributed by atoms with E-state index in [2.05, 4.69) is 15.0 Å². The fraction of sp³-hybridized carbons (Fsp3) is 0.714. The number of aromatic amines is 1. The van der Waals surface area contributed by atoms with Crippen molar-refractivity contribution >= 4 is 12.2 Å². The Balaban J connectivity index is 1.98. The Morgan fingerprint density at radius 3 is 2.83 bits per heavy atom. The van der Waals surface area contributed by atoms with E-state index in [1.165, 1.54) is 12.8 Å². The minimum Gasteiger partial charge on any atom is -0.348 e. The van der Waals surface area contributed by atoms with Gasteiger partial charge in [0.25, 0.3) is 0 Å². The number of nitrogens with one attached hydrogen (secondary N) is 1. The second kappa shape index (κ2) is 3.37. The lowest BCUT2D eigenvalue weighted by molar-refractivity contribution is 0.311. The van der Waals surface area contributed by atoms with Crippen LogP contribution in [0.2, 0.25) is 0 Å². The molecule has 1 fully saturated rings. The van der Waals surface area contributed by atoms with Crippen LogP contribution in [0.25, 0.3) is 0 Å². The maximum Gasteiger partial charge on any atom is 0.314 e. The zero-order valence-corrected chi connectivity index (χ0v) is 7.56. The van der Waals surface area contributed by atoms with E-state index >= 15 is 0 Å². The summed E-state index contributed by atoms with van der Waals surface area (Å²) < 4.78 is 4.83. The number of nitrogens with zero attached hydrogens (tertiary/aromatic N) is 2. The smallest absolute Gasteiger partial charge is 0.314 e. The summed E-state index contributed by atoms with van der Waals surface area (Å²) in [7, 11) is 0. The molecule has 2 heterocycles. The molecule has 12 heavy (non-hydrogen) atoms. The Morgan fingerprint density at radius 1 is 1.50 bits per heavy atom. The minimum absolute atomic E-state index is 0.296. The maximum atomic E-state index is 4.83. The van der Waals surface area contributed by atoms with Gasteiger partial charge in [0.2, 0.25) is 0 Å². The molecule has 0 bridgehead atoms.